The highest BCUT2D eigenvalue weighted by molar-refractivity contribution is 8.11. The van der Waals surface area contributed by atoms with Gasteiger partial charge in [0, 0.05) is 22.5 Å². The van der Waals surface area contributed by atoms with Gasteiger partial charge in [-0.2, -0.15) is 13.2 Å². The van der Waals surface area contributed by atoms with Crippen LogP contribution in [0.2, 0.25) is 0 Å². The summed E-state index contributed by atoms with van der Waals surface area (Å²) in [5.74, 6) is 0. The molecular weight excluding hydrogens is 371 g/mol. The lowest BCUT2D eigenvalue weighted by Gasteiger charge is -2.25. The van der Waals surface area contributed by atoms with Gasteiger partial charge in [-0.1, -0.05) is 43.0 Å². The molecule has 0 aliphatic rings. The minimum Gasteiger partial charge on any atom is -0.758 e. The van der Waals surface area contributed by atoms with Crippen LogP contribution < -0.4 is 0 Å². The first-order valence-electron chi connectivity index (χ1n) is 4.93. The number of hydrogen-bond acceptors (Lipinski definition) is 6. The molecule has 0 aliphatic carbocycles. The summed E-state index contributed by atoms with van der Waals surface area (Å²) in [6, 6.07) is 10.0. The van der Waals surface area contributed by atoms with Crippen molar-refractivity contribution in [1.82, 2.24) is 3.12 Å². The van der Waals surface area contributed by atoms with Crippen LogP contribution in [-0.4, -0.2) is 34.6 Å². The first-order valence-corrected chi connectivity index (χ1v) is 8.43. The van der Waals surface area contributed by atoms with Crippen molar-refractivity contribution in [3.05, 3.63) is 42.5 Å². The van der Waals surface area contributed by atoms with Crippen LogP contribution in [0.25, 0.3) is 6.08 Å². The van der Waals surface area contributed by atoms with Crippen LogP contribution in [-0.2, 0) is 32.6 Å². The summed E-state index contributed by atoms with van der Waals surface area (Å²) < 4.78 is 93.2. The van der Waals surface area contributed by atoms with Crippen molar-refractivity contribution >= 4 is 38.6 Å². The van der Waals surface area contributed by atoms with Crippen molar-refractivity contribution in [3.8, 4) is 0 Å². The van der Waals surface area contributed by atoms with E-state index in [0.717, 1.165) is 0 Å². The summed E-state index contributed by atoms with van der Waals surface area (Å²) in [5.41, 5.74) is -4.83. The van der Waals surface area contributed by atoms with Crippen molar-refractivity contribution in [2.24, 2.45) is 0 Å². The van der Waals surface area contributed by atoms with E-state index in [1.807, 2.05) is 36.4 Å². The molecule has 0 heterocycles. The van der Waals surface area contributed by atoms with Crippen LogP contribution in [0.5, 0.6) is 0 Å². The zero-order chi connectivity index (χ0) is 17.6. The van der Waals surface area contributed by atoms with Gasteiger partial charge in [-0.25, -0.2) is 8.42 Å². The minimum atomic E-state index is -6.43. The van der Waals surface area contributed by atoms with Crippen LogP contribution >= 0.6 is 0 Å². The number of alkyl halides is 3. The van der Waals surface area contributed by atoms with Crippen LogP contribution in [0.4, 0.5) is 13.2 Å². The Kier molecular flexibility index (Phi) is 8.06. The van der Waals surface area contributed by atoms with Gasteiger partial charge in [0.15, 0.2) is 0 Å². The Bertz CT molecular complexity index is 632. The second-order valence-corrected chi connectivity index (χ2v) is 7.26. The fourth-order valence-corrected chi connectivity index (χ4v) is 3.24. The molecule has 0 bridgehead atoms. The molecule has 0 radical (unpaired) electrons. The average molecular weight is 379 g/mol. The first kappa shape index (κ1) is 20.9. The molecule has 0 saturated heterocycles. The largest absolute Gasteiger partial charge is 0.758 e. The van der Waals surface area contributed by atoms with Gasteiger partial charge in [0.25, 0.3) is 0 Å². The molecule has 13 heteroatoms. The zero-order valence-electron chi connectivity index (χ0n) is 10.4. The third-order valence-electron chi connectivity index (χ3n) is 1.77. The molecule has 0 spiro atoms. The van der Waals surface area contributed by atoms with Crippen LogP contribution in [0.1, 0.15) is 5.56 Å². The van der Waals surface area contributed by atoms with Crippen molar-refractivity contribution in [1.29, 1.82) is 0 Å². The number of rotatable bonds is 4. The highest BCUT2D eigenvalue weighted by atomic mass is 32.3. The van der Waals surface area contributed by atoms with Gasteiger partial charge in [-0.15, -0.1) is 0 Å². The van der Waals surface area contributed by atoms with Gasteiger partial charge in [-0.05, 0) is 8.68 Å². The lowest BCUT2D eigenvalue weighted by atomic mass is 10.2. The lowest BCUT2D eigenvalue weighted by molar-refractivity contribution is -0.0457. The maximum absolute atomic E-state index is 11.6. The van der Waals surface area contributed by atoms with E-state index in [4.69, 9.17) is 0 Å². The predicted molar refractivity (Wildman–Crippen MR) is 71.2 cm³/mol. The summed E-state index contributed by atoms with van der Waals surface area (Å²) in [5, 5.41) is 0. The van der Waals surface area contributed by atoms with Crippen LogP contribution in [0, 0.1) is 0 Å². The topological polar surface area (TPSA) is 118 Å². The van der Waals surface area contributed by atoms with E-state index in [2.05, 4.69) is 6.58 Å². The molecule has 7 nitrogen and oxygen atoms in total. The highest BCUT2D eigenvalue weighted by Crippen LogP contribution is 2.28. The van der Waals surface area contributed by atoms with Crippen molar-refractivity contribution < 1.29 is 39.1 Å². The van der Waals surface area contributed by atoms with E-state index in [0.29, 0.717) is 0 Å². The van der Waals surface area contributed by atoms with E-state index in [-0.39, 0.29) is 0 Å². The van der Waals surface area contributed by atoms with E-state index in [9.17, 15) is 39.1 Å². The van der Waals surface area contributed by atoms with Crippen LogP contribution in [0.3, 0.4) is 0 Å². The van der Waals surface area contributed by atoms with Gasteiger partial charge in [0.05, 0.1) is 0 Å². The molecular formula is C9H8F3NO6S3-2. The molecule has 2 atom stereocenters. The molecule has 0 N–H and O–H groups in total. The van der Waals surface area contributed by atoms with Gasteiger partial charge in [0.1, 0.15) is 0 Å². The molecule has 1 aromatic carbocycles. The van der Waals surface area contributed by atoms with Crippen molar-refractivity contribution in [2.45, 2.75) is 5.51 Å². The SMILES string of the molecule is C=Cc1ccccc1.O=S([O-])N(S(=O)[O-])S(=O)(=O)C(F)(F)F. The summed E-state index contributed by atoms with van der Waals surface area (Å²) in [6.07, 6.45) is 1.83. The summed E-state index contributed by atoms with van der Waals surface area (Å²) in [4.78, 5) is 0. The third kappa shape index (κ3) is 5.94. The summed E-state index contributed by atoms with van der Waals surface area (Å²) in [6.45, 7) is 3.63. The first-order chi connectivity index (χ1) is 9.95. The second-order valence-electron chi connectivity index (χ2n) is 3.19. The zero-order valence-corrected chi connectivity index (χ0v) is 12.9. The second kappa shape index (κ2) is 8.50. The van der Waals surface area contributed by atoms with Crippen molar-refractivity contribution in [2.75, 3.05) is 0 Å². The lowest BCUT2D eigenvalue weighted by Crippen LogP contribution is -2.42. The van der Waals surface area contributed by atoms with Gasteiger partial charge in [0.2, 0.25) is 0 Å². The Hall–Kier alpha value is -1.12. The number of nitrogens with zero attached hydrogens (tertiary/aromatic N) is 1. The molecule has 22 heavy (non-hydrogen) atoms. The molecule has 0 fully saturated rings. The molecule has 1 aromatic rings. The predicted octanol–water partition coefficient (Wildman–Crippen LogP) is 1.06. The van der Waals surface area contributed by atoms with E-state index in [1.165, 1.54) is 5.56 Å². The standard InChI is InChI=1S/C8H8.CH2F3NO6S3/c1-2-8-6-4-3-5-7-8;2-1(3,4)14(10,11)5(12(6)7)13(8)9/h2-7H,1H2;(H,6,7)(H,8,9)/p-2. The van der Waals surface area contributed by atoms with Gasteiger partial charge >= 0.3 is 15.5 Å². The molecule has 0 saturated carbocycles. The number of benzene rings is 1. The van der Waals surface area contributed by atoms with E-state index in [1.54, 1.807) is 0 Å². The fourth-order valence-electron chi connectivity index (χ4n) is 0.884. The fraction of sp³-hybridized carbons (Fsp3) is 0.111. The smallest absolute Gasteiger partial charge is 0.513 e. The quantitative estimate of drug-likeness (QED) is 0.722. The average Bonchev–Trinajstić information content (AvgIpc) is 2.37. The maximum atomic E-state index is 11.6. The normalized spacial score (nSPS) is 14.6. The summed E-state index contributed by atoms with van der Waals surface area (Å²) in [7, 11) is -6.43. The Morgan fingerprint density at radius 2 is 1.50 bits per heavy atom. The van der Waals surface area contributed by atoms with E-state index < -0.39 is 41.2 Å². The number of hydrogen-bond donors (Lipinski definition) is 0. The highest BCUT2D eigenvalue weighted by Gasteiger charge is 2.51. The Balaban J connectivity index is 0.000000461. The Morgan fingerprint density at radius 1 is 1.09 bits per heavy atom. The maximum Gasteiger partial charge on any atom is 0.513 e. The monoisotopic (exact) mass is 379 g/mol. The van der Waals surface area contributed by atoms with Crippen molar-refractivity contribution in [3.63, 3.8) is 0 Å². The summed E-state index contributed by atoms with van der Waals surface area (Å²) >= 11 is -8.17. The Labute approximate surface area is 129 Å². The van der Waals surface area contributed by atoms with Gasteiger partial charge < -0.3 is 9.11 Å². The Morgan fingerprint density at radius 3 is 1.68 bits per heavy atom. The third-order valence-corrected chi connectivity index (χ3v) is 5.87. The molecule has 0 aromatic heterocycles. The molecule has 0 amide bonds. The molecule has 0 aliphatic heterocycles. The van der Waals surface area contributed by atoms with Crippen LogP contribution in [0.15, 0.2) is 36.9 Å². The van der Waals surface area contributed by atoms with E-state index >= 15 is 0 Å². The van der Waals surface area contributed by atoms with Gasteiger partial charge in [-0.3, -0.25) is 8.42 Å². The molecule has 126 valence electrons. The minimum absolute atomic E-state index is 1.17. The molecule has 1 rings (SSSR count). The number of sulfonamides is 1. The molecule has 2 unspecified atom stereocenters. The number of halogens is 3.